The third-order valence-corrected chi connectivity index (χ3v) is 2.61. The summed E-state index contributed by atoms with van der Waals surface area (Å²) in [5.41, 5.74) is 8.03. The first kappa shape index (κ1) is 12.3. The van der Waals surface area contributed by atoms with Gasteiger partial charge in [-0.1, -0.05) is 0 Å². The van der Waals surface area contributed by atoms with Gasteiger partial charge in [0.15, 0.2) is 0 Å². The van der Waals surface area contributed by atoms with Crippen LogP contribution < -0.4 is 10.6 Å². The highest BCUT2D eigenvalue weighted by molar-refractivity contribution is 5.69. The van der Waals surface area contributed by atoms with Crippen LogP contribution in [0.4, 0.5) is 11.4 Å². The Labute approximate surface area is 96.2 Å². The normalized spacial score (nSPS) is 11.9. The van der Waals surface area contributed by atoms with Gasteiger partial charge in [0, 0.05) is 20.2 Å². The molecule has 0 bridgehead atoms. The molecule has 4 heteroatoms. The summed E-state index contributed by atoms with van der Waals surface area (Å²) in [7, 11) is 3.61. The van der Waals surface area contributed by atoms with Gasteiger partial charge in [-0.15, -0.1) is 0 Å². The van der Waals surface area contributed by atoms with Crippen LogP contribution in [0.15, 0.2) is 18.2 Å². The average molecular weight is 219 g/mol. The van der Waals surface area contributed by atoms with Gasteiger partial charge < -0.3 is 15.4 Å². The molecule has 0 aliphatic carbocycles. The van der Waals surface area contributed by atoms with Gasteiger partial charge in [0.2, 0.25) is 0 Å². The molecular weight excluding hydrogens is 202 g/mol. The maximum atomic E-state index is 8.84. The number of hydrogen-bond donors (Lipinski definition) is 1. The number of nitrogen functional groups attached to an aromatic ring is 1. The number of benzene rings is 1. The maximum Gasteiger partial charge on any atom is 0.0992 e. The van der Waals surface area contributed by atoms with Crippen molar-refractivity contribution in [1.29, 1.82) is 5.26 Å². The topological polar surface area (TPSA) is 62.3 Å². The number of nitrogens with two attached hydrogens (primary N) is 1. The summed E-state index contributed by atoms with van der Waals surface area (Å²) in [6, 6.07) is 7.58. The molecular formula is C12H17N3O. The third-order valence-electron chi connectivity index (χ3n) is 2.61. The summed E-state index contributed by atoms with van der Waals surface area (Å²) in [6.45, 7) is 2.66. The van der Waals surface area contributed by atoms with Gasteiger partial charge in [0.1, 0.15) is 0 Å². The van der Waals surface area contributed by atoms with Crippen molar-refractivity contribution in [1.82, 2.24) is 0 Å². The molecule has 0 heterocycles. The van der Waals surface area contributed by atoms with Crippen LogP contribution in [0.5, 0.6) is 0 Å². The highest BCUT2D eigenvalue weighted by Crippen LogP contribution is 2.24. The number of rotatable bonds is 4. The van der Waals surface area contributed by atoms with Crippen LogP contribution >= 0.6 is 0 Å². The van der Waals surface area contributed by atoms with E-state index in [1.54, 1.807) is 25.3 Å². The van der Waals surface area contributed by atoms with E-state index in [4.69, 9.17) is 15.7 Å². The van der Waals surface area contributed by atoms with Crippen molar-refractivity contribution < 1.29 is 4.74 Å². The average Bonchev–Trinajstić information content (AvgIpc) is 2.29. The lowest BCUT2D eigenvalue weighted by Crippen LogP contribution is -2.33. The molecule has 0 spiro atoms. The highest BCUT2D eigenvalue weighted by Gasteiger charge is 2.12. The van der Waals surface area contributed by atoms with E-state index in [2.05, 4.69) is 6.07 Å². The predicted molar refractivity (Wildman–Crippen MR) is 65.3 cm³/mol. The standard InChI is InChI=1S/C12H17N3O/c1-9(8-16-3)15(2)12-6-10(7-13)4-5-11(12)14/h4-6,9H,8,14H2,1-3H3. The van der Waals surface area contributed by atoms with E-state index in [1.807, 2.05) is 18.9 Å². The molecule has 86 valence electrons. The van der Waals surface area contributed by atoms with Gasteiger partial charge in [-0.25, -0.2) is 0 Å². The van der Waals surface area contributed by atoms with E-state index < -0.39 is 0 Å². The number of nitrogens with zero attached hydrogens (tertiary/aromatic N) is 2. The molecule has 0 aromatic heterocycles. The number of methoxy groups -OCH3 is 1. The first-order valence-electron chi connectivity index (χ1n) is 5.11. The van der Waals surface area contributed by atoms with Crippen LogP contribution in [0, 0.1) is 11.3 Å². The quantitative estimate of drug-likeness (QED) is 0.781. The summed E-state index contributed by atoms with van der Waals surface area (Å²) < 4.78 is 5.10. The third kappa shape index (κ3) is 2.65. The molecule has 0 radical (unpaired) electrons. The van der Waals surface area contributed by atoms with Crippen molar-refractivity contribution in [2.24, 2.45) is 0 Å². The molecule has 0 fully saturated rings. The maximum absolute atomic E-state index is 8.84. The van der Waals surface area contributed by atoms with E-state index in [1.165, 1.54) is 0 Å². The Bertz CT molecular complexity index is 398. The molecule has 0 aliphatic rings. The first-order chi connectivity index (χ1) is 7.60. The molecule has 0 aliphatic heterocycles. The fourth-order valence-corrected chi connectivity index (χ4v) is 1.51. The molecule has 1 aromatic carbocycles. The SMILES string of the molecule is COCC(C)N(C)c1cc(C#N)ccc1N. The largest absolute Gasteiger partial charge is 0.397 e. The second kappa shape index (κ2) is 5.38. The minimum Gasteiger partial charge on any atom is -0.397 e. The van der Waals surface area contributed by atoms with Crippen molar-refractivity contribution in [2.75, 3.05) is 31.4 Å². The van der Waals surface area contributed by atoms with Gasteiger partial charge in [0.25, 0.3) is 0 Å². The van der Waals surface area contributed by atoms with Crippen molar-refractivity contribution in [3.05, 3.63) is 23.8 Å². The fraction of sp³-hybridized carbons (Fsp3) is 0.417. The molecule has 1 atom stereocenters. The Hall–Kier alpha value is -1.73. The minimum atomic E-state index is 0.209. The Morgan fingerprint density at radius 3 is 2.81 bits per heavy atom. The molecule has 16 heavy (non-hydrogen) atoms. The summed E-state index contributed by atoms with van der Waals surface area (Å²) >= 11 is 0. The number of likely N-dealkylation sites (N-methyl/N-ethyl adjacent to an activating group) is 1. The first-order valence-corrected chi connectivity index (χ1v) is 5.11. The van der Waals surface area contributed by atoms with Crippen molar-refractivity contribution in [2.45, 2.75) is 13.0 Å². The van der Waals surface area contributed by atoms with E-state index >= 15 is 0 Å². The molecule has 2 N–H and O–H groups in total. The molecule has 4 nitrogen and oxygen atoms in total. The zero-order valence-electron chi connectivity index (χ0n) is 9.90. The Balaban J connectivity index is 2.98. The Morgan fingerprint density at radius 2 is 2.25 bits per heavy atom. The summed E-state index contributed by atoms with van der Waals surface area (Å²) in [5, 5.41) is 8.84. The van der Waals surface area contributed by atoms with Crippen LogP contribution in [-0.4, -0.2) is 26.8 Å². The van der Waals surface area contributed by atoms with Crippen molar-refractivity contribution in [3.8, 4) is 6.07 Å². The van der Waals surface area contributed by atoms with Gasteiger partial charge in [-0.3, -0.25) is 0 Å². The lowest BCUT2D eigenvalue weighted by atomic mass is 10.1. The van der Waals surface area contributed by atoms with E-state index in [0.29, 0.717) is 17.9 Å². The van der Waals surface area contributed by atoms with Crippen molar-refractivity contribution in [3.63, 3.8) is 0 Å². The van der Waals surface area contributed by atoms with Gasteiger partial charge in [-0.2, -0.15) is 5.26 Å². The van der Waals surface area contributed by atoms with E-state index in [9.17, 15) is 0 Å². The molecule has 0 saturated carbocycles. The lowest BCUT2D eigenvalue weighted by Gasteiger charge is -2.27. The smallest absolute Gasteiger partial charge is 0.0992 e. The summed E-state index contributed by atoms with van der Waals surface area (Å²) in [6.07, 6.45) is 0. The van der Waals surface area contributed by atoms with Crippen molar-refractivity contribution >= 4 is 11.4 Å². The van der Waals surface area contributed by atoms with Crippen LogP contribution in [0.25, 0.3) is 0 Å². The molecule has 1 unspecified atom stereocenters. The summed E-state index contributed by atoms with van der Waals surface area (Å²) in [5.74, 6) is 0. The van der Waals surface area contributed by atoms with Gasteiger partial charge in [0.05, 0.1) is 29.6 Å². The monoisotopic (exact) mass is 219 g/mol. The van der Waals surface area contributed by atoms with Crippen LogP contribution in [0.3, 0.4) is 0 Å². The fourth-order valence-electron chi connectivity index (χ4n) is 1.51. The van der Waals surface area contributed by atoms with Crippen LogP contribution in [0.2, 0.25) is 0 Å². The Morgan fingerprint density at radius 1 is 1.56 bits per heavy atom. The molecule has 1 aromatic rings. The number of ether oxygens (including phenoxy) is 1. The number of nitriles is 1. The number of anilines is 2. The zero-order chi connectivity index (χ0) is 12.1. The van der Waals surface area contributed by atoms with Gasteiger partial charge >= 0.3 is 0 Å². The second-order valence-electron chi connectivity index (χ2n) is 3.80. The summed E-state index contributed by atoms with van der Waals surface area (Å²) in [4.78, 5) is 2.01. The number of hydrogen-bond acceptors (Lipinski definition) is 4. The minimum absolute atomic E-state index is 0.209. The second-order valence-corrected chi connectivity index (χ2v) is 3.80. The zero-order valence-corrected chi connectivity index (χ0v) is 9.90. The molecule has 0 amide bonds. The van der Waals surface area contributed by atoms with Crippen LogP contribution in [-0.2, 0) is 4.74 Å². The highest BCUT2D eigenvalue weighted by atomic mass is 16.5. The van der Waals surface area contributed by atoms with Gasteiger partial charge in [-0.05, 0) is 25.1 Å². The molecule has 1 rings (SSSR count). The van der Waals surface area contributed by atoms with E-state index in [-0.39, 0.29) is 6.04 Å². The molecule has 0 saturated heterocycles. The predicted octanol–water partition coefficient (Wildman–Crippen LogP) is 1.61. The van der Waals surface area contributed by atoms with E-state index in [0.717, 1.165) is 5.69 Å². The Kier molecular flexibility index (Phi) is 4.15. The lowest BCUT2D eigenvalue weighted by molar-refractivity contribution is 0.183. The van der Waals surface area contributed by atoms with Crippen LogP contribution in [0.1, 0.15) is 12.5 Å².